The van der Waals surface area contributed by atoms with E-state index in [4.69, 9.17) is 10.2 Å². The van der Waals surface area contributed by atoms with Gasteiger partial charge in [0.1, 0.15) is 23.3 Å². The molecule has 0 bridgehead atoms. The fourth-order valence-corrected chi connectivity index (χ4v) is 3.23. The van der Waals surface area contributed by atoms with Crippen molar-refractivity contribution in [2.24, 2.45) is 0 Å². The molecule has 0 fully saturated rings. The first kappa shape index (κ1) is 12.3. The lowest BCUT2D eigenvalue weighted by molar-refractivity contribution is -0.895. The summed E-state index contributed by atoms with van der Waals surface area (Å²) in [5.74, 6) is 0.280. The first-order valence-electron chi connectivity index (χ1n) is 7.09. The zero-order valence-electron chi connectivity index (χ0n) is 11.8. The second-order valence-electron chi connectivity index (χ2n) is 5.69. The number of aromatic nitrogens is 1. The summed E-state index contributed by atoms with van der Waals surface area (Å²) in [6, 6.07) is 7.61. The Bertz CT molecular complexity index is 930. The number of pyridine rings is 1. The molecule has 4 rings (SSSR count). The number of para-hydroxylation sites is 1. The second kappa shape index (κ2) is 4.30. The van der Waals surface area contributed by atoms with Crippen LogP contribution in [0.1, 0.15) is 11.3 Å². The van der Waals surface area contributed by atoms with E-state index < -0.39 is 5.63 Å². The van der Waals surface area contributed by atoms with E-state index >= 15 is 0 Å². The third-order valence-electron chi connectivity index (χ3n) is 4.24. The largest absolute Gasteiger partial charge is 0.422 e. The summed E-state index contributed by atoms with van der Waals surface area (Å²) in [6.45, 7) is 1.89. The Balaban J connectivity index is 2.27. The van der Waals surface area contributed by atoms with Gasteiger partial charge in [-0.05, 0) is 6.07 Å². The highest BCUT2D eigenvalue weighted by Gasteiger charge is 2.24. The van der Waals surface area contributed by atoms with E-state index in [0.29, 0.717) is 11.0 Å². The van der Waals surface area contributed by atoms with Crippen LogP contribution in [0.15, 0.2) is 33.5 Å². The lowest BCUT2D eigenvalue weighted by atomic mass is 9.97. The highest BCUT2D eigenvalue weighted by Crippen LogP contribution is 2.30. The number of likely N-dealkylation sites (N-methyl/N-ethyl adjacent to an activating group) is 1. The number of nitrogens with zero attached hydrogens (tertiary/aromatic N) is 1. The van der Waals surface area contributed by atoms with Gasteiger partial charge in [0.2, 0.25) is 0 Å². The van der Waals surface area contributed by atoms with E-state index in [-0.39, 0.29) is 5.82 Å². The van der Waals surface area contributed by atoms with Crippen LogP contribution < -0.4 is 16.3 Å². The Labute approximate surface area is 121 Å². The Morgan fingerprint density at radius 1 is 1.29 bits per heavy atom. The minimum absolute atomic E-state index is 0.280. The molecule has 1 aromatic carbocycles. The van der Waals surface area contributed by atoms with Crippen LogP contribution in [0.5, 0.6) is 0 Å². The molecule has 2 aromatic heterocycles. The van der Waals surface area contributed by atoms with E-state index in [9.17, 15) is 4.79 Å². The fourth-order valence-electron chi connectivity index (χ4n) is 3.23. The van der Waals surface area contributed by atoms with Crippen molar-refractivity contribution in [2.75, 3.05) is 19.3 Å². The van der Waals surface area contributed by atoms with Gasteiger partial charge >= 0.3 is 5.63 Å². The summed E-state index contributed by atoms with van der Waals surface area (Å²) in [7, 11) is 2.15. The molecular weight excluding hydrogens is 266 g/mol. The first-order valence-corrected chi connectivity index (χ1v) is 7.09. The van der Waals surface area contributed by atoms with Gasteiger partial charge in [0.15, 0.2) is 0 Å². The van der Waals surface area contributed by atoms with Crippen LogP contribution in [-0.2, 0) is 13.0 Å². The van der Waals surface area contributed by atoms with Crippen molar-refractivity contribution in [1.82, 2.24) is 4.98 Å². The van der Waals surface area contributed by atoms with Gasteiger partial charge in [-0.3, -0.25) is 0 Å². The predicted octanol–water partition coefficient (Wildman–Crippen LogP) is 0.494. The van der Waals surface area contributed by atoms with E-state index in [2.05, 4.69) is 12.0 Å². The Morgan fingerprint density at radius 2 is 2.10 bits per heavy atom. The number of quaternary nitrogens is 1. The quantitative estimate of drug-likeness (QED) is 0.465. The molecule has 3 heterocycles. The van der Waals surface area contributed by atoms with Gasteiger partial charge < -0.3 is 15.1 Å². The number of nitrogen functional groups attached to an aromatic ring is 1. The average molecular weight is 282 g/mol. The maximum atomic E-state index is 12.3. The van der Waals surface area contributed by atoms with Crippen LogP contribution >= 0.6 is 0 Å². The first-order chi connectivity index (χ1) is 10.1. The second-order valence-corrected chi connectivity index (χ2v) is 5.69. The fraction of sp³-hybridized carbons (Fsp3) is 0.250. The smallest absolute Gasteiger partial charge is 0.347 e. The van der Waals surface area contributed by atoms with Crippen molar-refractivity contribution in [3.8, 4) is 0 Å². The monoisotopic (exact) mass is 282 g/mol. The van der Waals surface area contributed by atoms with Crippen molar-refractivity contribution < 1.29 is 9.32 Å². The molecule has 21 heavy (non-hydrogen) atoms. The van der Waals surface area contributed by atoms with E-state index in [1.807, 2.05) is 24.3 Å². The number of benzene rings is 1. The molecule has 5 heteroatoms. The molecule has 3 aromatic rings. The van der Waals surface area contributed by atoms with Gasteiger partial charge in [0.25, 0.3) is 0 Å². The molecule has 0 radical (unpaired) electrons. The number of rotatable bonds is 0. The molecule has 0 aliphatic carbocycles. The van der Waals surface area contributed by atoms with Crippen LogP contribution in [0.25, 0.3) is 21.7 Å². The molecule has 0 spiro atoms. The van der Waals surface area contributed by atoms with Crippen molar-refractivity contribution in [1.29, 1.82) is 0 Å². The van der Waals surface area contributed by atoms with Crippen LogP contribution in [0.3, 0.4) is 0 Å². The highest BCUT2D eigenvalue weighted by atomic mass is 16.4. The molecule has 5 nitrogen and oxygen atoms in total. The van der Waals surface area contributed by atoms with Crippen molar-refractivity contribution in [3.05, 3.63) is 45.9 Å². The third-order valence-corrected chi connectivity index (χ3v) is 4.24. The SMILES string of the molecule is C[NH+]1CCc2nc(N)c3c(=O)oc4ccccc4c3c2C1. The van der Waals surface area contributed by atoms with Crippen LogP contribution in [0, 0.1) is 0 Å². The van der Waals surface area contributed by atoms with Gasteiger partial charge in [-0.15, -0.1) is 0 Å². The number of nitrogens with two attached hydrogens (primary N) is 1. The Morgan fingerprint density at radius 3 is 2.95 bits per heavy atom. The van der Waals surface area contributed by atoms with E-state index in [0.717, 1.165) is 41.5 Å². The van der Waals surface area contributed by atoms with Crippen molar-refractivity contribution in [2.45, 2.75) is 13.0 Å². The summed E-state index contributed by atoms with van der Waals surface area (Å²) in [4.78, 5) is 18.1. The number of hydrogen-bond donors (Lipinski definition) is 2. The van der Waals surface area contributed by atoms with Crippen LogP contribution in [-0.4, -0.2) is 18.6 Å². The maximum Gasteiger partial charge on any atom is 0.347 e. The molecular formula is C16H16N3O2+. The molecule has 106 valence electrons. The molecule has 1 aliphatic rings. The molecule has 3 N–H and O–H groups in total. The third kappa shape index (κ3) is 1.74. The lowest BCUT2D eigenvalue weighted by Crippen LogP contribution is -3.08. The average Bonchev–Trinajstić information content (AvgIpc) is 2.47. The van der Waals surface area contributed by atoms with Gasteiger partial charge in [-0.25, -0.2) is 9.78 Å². The minimum Gasteiger partial charge on any atom is -0.422 e. The van der Waals surface area contributed by atoms with E-state index in [1.54, 1.807) is 0 Å². The molecule has 1 atom stereocenters. The number of hydrogen-bond acceptors (Lipinski definition) is 4. The van der Waals surface area contributed by atoms with Gasteiger partial charge in [0, 0.05) is 22.8 Å². The normalized spacial score (nSPS) is 18.0. The Kier molecular flexibility index (Phi) is 2.53. The van der Waals surface area contributed by atoms with Gasteiger partial charge in [0.05, 0.1) is 19.3 Å². The van der Waals surface area contributed by atoms with Crippen LogP contribution in [0.2, 0.25) is 0 Å². The number of fused-ring (bicyclic) bond motifs is 5. The van der Waals surface area contributed by atoms with Gasteiger partial charge in [-0.2, -0.15) is 0 Å². The zero-order valence-corrected chi connectivity index (χ0v) is 11.8. The molecule has 1 aliphatic heterocycles. The minimum atomic E-state index is -0.403. The van der Waals surface area contributed by atoms with E-state index in [1.165, 1.54) is 4.90 Å². The van der Waals surface area contributed by atoms with Crippen molar-refractivity contribution in [3.63, 3.8) is 0 Å². The lowest BCUT2D eigenvalue weighted by Gasteiger charge is -2.23. The van der Waals surface area contributed by atoms with Crippen molar-refractivity contribution >= 4 is 27.6 Å². The summed E-state index contributed by atoms with van der Waals surface area (Å²) < 4.78 is 5.39. The van der Waals surface area contributed by atoms with Crippen LogP contribution in [0.4, 0.5) is 5.82 Å². The number of nitrogens with one attached hydrogen (secondary N) is 1. The molecule has 0 saturated heterocycles. The maximum absolute atomic E-state index is 12.3. The topological polar surface area (TPSA) is 73.6 Å². The summed E-state index contributed by atoms with van der Waals surface area (Å²) >= 11 is 0. The summed E-state index contributed by atoms with van der Waals surface area (Å²) in [5, 5.41) is 2.28. The zero-order chi connectivity index (χ0) is 14.6. The summed E-state index contributed by atoms with van der Waals surface area (Å²) in [6.07, 6.45) is 0.885. The summed E-state index contributed by atoms with van der Waals surface area (Å²) in [5.41, 5.74) is 8.38. The highest BCUT2D eigenvalue weighted by molar-refractivity contribution is 6.09. The number of anilines is 1. The predicted molar refractivity (Wildman–Crippen MR) is 81.4 cm³/mol. The molecule has 0 amide bonds. The molecule has 0 saturated carbocycles. The van der Waals surface area contributed by atoms with Gasteiger partial charge in [-0.1, -0.05) is 18.2 Å². The standard InChI is InChI=1S/C16H15N3O2/c1-19-7-6-11-10(8-19)13-9-4-2-3-5-12(9)21-16(20)14(13)15(17)18-11/h2-5H,6-8H2,1H3,(H2,17,18)/p+1. The molecule has 1 unspecified atom stereocenters. The Hall–Kier alpha value is -2.40.